The first kappa shape index (κ1) is 13.2. The first-order chi connectivity index (χ1) is 8.88. The smallest absolute Gasteiger partial charge is 0.363 e. The van der Waals surface area contributed by atoms with Crippen molar-refractivity contribution in [2.45, 2.75) is 31.6 Å². The minimum absolute atomic E-state index is 0.138. The Balaban J connectivity index is 2.08. The summed E-state index contributed by atoms with van der Waals surface area (Å²) in [6.07, 6.45) is -3.51. The highest BCUT2D eigenvalue weighted by Crippen LogP contribution is 2.43. The molecule has 0 spiro atoms. The molecule has 1 saturated heterocycles. The third-order valence-electron chi connectivity index (χ3n) is 3.90. The number of nitrogens with one attached hydrogen (secondary N) is 1. The van der Waals surface area contributed by atoms with E-state index in [9.17, 15) is 13.2 Å². The van der Waals surface area contributed by atoms with Crippen LogP contribution in [0.25, 0.3) is 0 Å². The van der Waals surface area contributed by atoms with Crippen LogP contribution in [0.1, 0.15) is 18.1 Å². The average molecular weight is 335 g/mol. The van der Waals surface area contributed by atoms with E-state index in [-0.39, 0.29) is 16.6 Å². The number of halogens is 4. The molecule has 0 bridgehead atoms. The van der Waals surface area contributed by atoms with E-state index in [4.69, 9.17) is 0 Å². The Bertz CT molecular complexity index is 515. The number of anilines is 1. The standard InChI is InChI=1S/C13H14BrF3N2/c1-7-5-18-6-9-2-8-3-11(14)10(13(15,16)17)4-12(8)19(7)9/h3-4,7,9,18H,2,5-6H2,1H3/t7-,9+/m1/s1. The molecule has 1 aromatic rings. The third-order valence-corrected chi connectivity index (χ3v) is 4.55. The minimum Gasteiger partial charge on any atom is -0.363 e. The van der Waals surface area contributed by atoms with Crippen LogP contribution < -0.4 is 10.2 Å². The van der Waals surface area contributed by atoms with Crippen molar-refractivity contribution in [3.63, 3.8) is 0 Å². The monoisotopic (exact) mass is 334 g/mol. The fourth-order valence-electron chi connectivity index (χ4n) is 3.10. The van der Waals surface area contributed by atoms with Gasteiger partial charge in [-0.25, -0.2) is 0 Å². The summed E-state index contributed by atoms with van der Waals surface area (Å²) in [5, 5.41) is 3.32. The van der Waals surface area contributed by atoms with Crippen LogP contribution in [-0.4, -0.2) is 25.2 Å². The van der Waals surface area contributed by atoms with Gasteiger partial charge in [-0.15, -0.1) is 0 Å². The number of nitrogens with zero attached hydrogens (tertiary/aromatic N) is 1. The molecule has 0 aromatic heterocycles. The van der Waals surface area contributed by atoms with Crippen molar-refractivity contribution < 1.29 is 13.2 Å². The number of benzene rings is 1. The van der Waals surface area contributed by atoms with E-state index in [1.807, 2.05) is 6.92 Å². The normalized spacial score (nSPS) is 26.3. The Morgan fingerprint density at radius 1 is 1.32 bits per heavy atom. The lowest BCUT2D eigenvalue weighted by Crippen LogP contribution is -2.54. The fourth-order valence-corrected chi connectivity index (χ4v) is 3.71. The molecule has 3 rings (SSSR count). The van der Waals surface area contributed by atoms with Gasteiger partial charge in [-0.3, -0.25) is 0 Å². The maximum Gasteiger partial charge on any atom is 0.417 e. The van der Waals surface area contributed by atoms with Gasteiger partial charge in [0.05, 0.1) is 5.56 Å². The zero-order chi connectivity index (χ0) is 13.8. The quantitative estimate of drug-likeness (QED) is 0.783. The predicted octanol–water partition coefficient (Wildman–Crippen LogP) is 3.19. The minimum atomic E-state index is -4.32. The molecule has 104 valence electrons. The number of piperazine rings is 1. The number of fused-ring (bicyclic) bond motifs is 3. The van der Waals surface area contributed by atoms with Gasteiger partial charge in [0.1, 0.15) is 0 Å². The molecule has 2 heterocycles. The van der Waals surface area contributed by atoms with E-state index in [2.05, 4.69) is 26.1 Å². The van der Waals surface area contributed by atoms with Gasteiger partial charge < -0.3 is 10.2 Å². The van der Waals surface area contributed by atoms with Gasteiger partial charge in [0.15, 0.2) is 0 Å². The van der Waals surface area contributed by atoms with Crippen molar-refractivity contribution in [2.75, 3.05) is 18.0 Å². The lowest BCUT2D eigenvalue weighted by molar-refractivity contribution is -0.138. The van der Waals surface area contributed by atoms with Gasteiger partial charge in [0.25, 0.3) is 0 Å². The highest BCUT2D eigenvalue weighted by atomic mass is 79.9. The second kappa shape index (κ2) is 4.38. The lowest BCUT2D eigenvalue weighted by atomic mass is 10.1. The zero-order valence-corrected chi connectivity index (χ0v) is 12.0. The van der Waals surface area contributed by atoms with Crippen LogP contribution in [0.3, 0.4) is 0 Å². The molecule has 19 heavy (non-hydrogen) atoms. The van der Waals surface area contributed by atoms with Crippen LogP contribution in [0.4, 0.5) is 18.9 Å². The van der Waals surface area contributed by atoms with Gasteiger partial charge >= 0.3 is 6.18 Å². The second-order valence-corrected chi connectivity index (χ2v) is 6.09. The maximum atomic E-state index is 13.0. The lowest BCUT2D eigenvalue weighted by Gasteiger charge is -2.38. The SMILES string of the molecule is C[C@@H]1CNC[C@@H]2Cc3cc(Br)c(C(F)(F)F)cc3N21. The highest BCUT2D eigenvalue weighted by molar-refractivity contribution is 9.10. The van der Waals surface area contributed by atoms with E-state index >= 15 is 0 Å². The van der Waals surface area contributed by atoms with Crippen molar-refractivity contribution in [1.29, 1.82) is 0 Å². The number of alkyl halides is 3. The molecule has 0 saturated carbocycles. The van der Waals surface area contributed by atoms with Crippen molar-refractivity contribution >= 4 is 21.6 Å². The summed E-state index contributed by atoms with van der Waals surface area (Å²) >= 11 is 3.05. The summed E-state index contributed by atoms with van der Waals surface area (Å²) in [5.41, 5.74) is 1.16. The predicted molar refractivity (Wildman–Crippen MR) is 71.4 cm³/mol. The topological polar surface area (TPSA) is 15.3 Å². The molecule has 0 amide bonds. The summed E-state index contributed by atoms with van der Waals surface area (Å²) in [5.74, 6) is 0. The molecule has 2 aliphatic heterocycles. The van der Waals surface area contributed by atoms with Crippen LogP contribution in [0.15, 0.2) is 16.6 Å². The Hall–Kier alpha value is -0.750. The Labute approximate surface area is 118 Å². The van der Waals surface area contributed by atoms with Gasteiger partial charge in [0, 0.05) is 35.3 Å². The van der Waals surface area contributed by atoms with Crippen molar-refractivity contribution in [3.8, 4) is 0 Å². The molecule has 2 nitrogen and oxygen atoms in total. The van der Waals surface area contributed by atoms with Gasteiger partial charge in [0.2, 0.25) is 0 Å². The van der Waals surface area contributed by atoms with Crippen molar-refractivity contribution in [2.24, 2.45) is 0 Å². The van der Waals surface area contributed by atoms with E-state index in [1.165, 1.54) is 6.07 Å². The van der Waals surface area contributed by atoms with Crippen LogP contribution in [0.5, 0.6) is 0 Å². The maximum absolute atomic E-state index is 13.0. The van der Waals surface area contributed by atoms with Gasteiger partial charge in [-0.2, -0.15) is 13.2 Å². The number of hydrogen-bond donors (Lipinski definition) is 1. The summed E-state index contributed by atoms with van der Waals surface area (Å²) < 4.78 is 39.1. The number of rotatable bonds is 0. The first-order valence-corrected chi connectivity index (χ1v) is 7.06. The Morgan fingerprint density at radius 2 is 2.05 bits per heavy atom. The van der Waals surface area contributed by atoms with Crippen LogP contribution in [-0.2, 0) is 12.6 Å². The van der Waals surface area contributed by atoms with Crippen molar-refractivity contribution in [3.05, 3.63) is 27.7 Å². The molecule has 0 unspecified atom stereocenters. The second-order valence-electron chi connectivity index (χ2n) is 5.23. The van der Waals surface area contributed by atoms with Gasteiger partial charge in [-0.05, 0) is 31.0 Å². The Morgan fingerprint density at radius 3 is 2.74 bits per heavy atom. The summed E-state index contributed by atoms with van der Waals surface area (Å²) in [6, 6.07) is 3.42. The van der Waals surface area contributed by atoms with E-state index < -0.39 is 11.7 Å². The highest BCUT2D eigenvalue weighted by Gasteiger charge is 2.39. The first-order valence-electron chi connectivity index (χ1n) is 6.26. The summed E-state index contributed by atoms with van der Waals surface area (Å²) in [6.45, 7) is 3.69. The molecule has 2 atom stereocenters. The van der Waals surface area contributed by atoms with Crippen LogP contribution in [0, 0.1) is 0 Å². The Kier molecular flexibility index (Phi) is 3.05. The van der Waals surface area contributed by atoms with E-state index in [1.54, 1.807) is 6.07 Å². The van der Waals surface area contributed by atoms with Gasteiger partial charge in [-0.1, -0.05) is 15.9 Å². The van der Waals surface area contributed by atoms with E-state index in [0.717, 1.165) is 30.8 Å². The number of hydrogen-bond acceptors (Lipinski definition) is 2. The third kappa shape index (κ3) is 2.14. The fraction of sp³-hybridized carbons (Fsp3) is 0.538. The van der Waals surface area contributed by atoms with Crippen LogP contribution >= 0.6 is 15.9 Å². The van der Waals surface area contributed by atoms with E-state index in [0.29, 0.717) is 0 Å². The van der Waals surface area contributed by atoms with Crippen molar-refractivity contribution in [1.82, 2.24) is 5.32 Å². The zero-order valence-electron chi connectivity index (χ0n) is 10.4. The summed E-state index contributed by atoms with van der Waals surface area (Å²) in [4.78, 5) is 2.13. The molecule has 1 fully saturated rings. The van der Waals surface area contributed by atoms with Crippen LogP contribution in [0.2, 0.25) is 0 Å². The largest absolute Gasteiger partial charge is 0.417 e. The molecule has 0 radical (unpaired) electrons. The molecule has 1 aromatic carbocycles. The molecule has 0 aliphatic carbocycles. The molecule has 1 N–H and O–H groups in total. The molecule has 2 aliphatic rings. The average Bonchev–Trinajstić information content (AvgIpc) is 2.64. The molecular weight excluding hydrogens is 321 g/mol. The molecule has 6 heteroatoms. The molecular formula is C13H14BrF3N2. The summed E-state index contributed by atoms with van der Waals surface area (Å²) in [7, 11) is 0.